The Hall–Kier alpha value is -2.37. The molecule has 0 spiro atoms. The minimum Gasteiger partial charge on any atom is -0.493 e. The highest BCUT2D eigenvalue weighted by Gasteiger charge is 2.12. The molecule has 19 heavy (non-hydrogen) atoms. The minimum atomic E-state index is -0.0403. The lowest BCUT2D eigenvalue weighted by molar-refractivity contribution is 0.0991. The lowest BCUT2D eigenvalue weighted by Gasteiger charge is -2.08. The van der Waals surface area contributed by atoms with E-state index in [4.69, 9.17) is 9.47 Å². The fourth-order valence-corrected chi connectivity index (χ4v) is 1.75. The van der Waals surface area contributed by atoms with E-state index in [0.29, 0.717) is 22.8 Å². The maximum absolute atomic E-state index is 12.1. The lowest BCUT2D eigenvalue weighted by Crippen LogP contribution is -2.04. The van der Waals surface area contributed by atoms with Gasteiger partial charge in [0.05, 0.1) is 26.3 Å². The fourth-order valence-electron chi connectivity index (χ4n) is 1.75. The van der Waals surface area contributed by atoms with E-state index in [-0.39, 0.29) is 12.2 Å². The van der Waals surface area contributed by atoms with E-state index >= 15 is 0 Å². The first-order chi connectivity index (χ1) is 9.13. The summed E-state index contributed by atoms with van der Waals surface area (Å²) in [6.07, 6.45) is 1.93. The van der Waals surface area contributed by atoms with Gasteiger partial charge in [-0.3, -0.25) is 9.48 Å². The summed E-state index contributed by atoms with van der Waals surface area (Å²) in [5.41, 5.74) is 1.20. The van der Waals surface area contributed by atoms with Crippen molar-refractivity contribution in [3.05, 3.63) is 35.7 Å². The van der Waals surface area contributed by atoms with E-state index in [2.05, 4.69) is 10.3 Å². The molecule has 1 aromatic carbocycles. The molecule has 0 radical (unpaired) electrons. The molecule has 2 rings (SSSR count). The second-order valence-corrected chi connectivity index (χ2v) is 4.05. The van der Waals surface area contributed by atoms with Gasteiger partial charge in [0, 0.05) is 18.8 Å². The zero-order chi connectivity index (χ0) is 13.8. The molecule has 6 heteroatoms. The van der Waals surface area contributed by atoms with Crippen LogP contribution in [0.25, 0.3) is 0 Å². The Morgan fingerprint density at radius 2 is 2.00 bits per heavy atom. The van der Waals surface area contributed by atoms with Crippen molar-refractivity contribution < 1.29 is 14.3 Å². The topological polar surface area (TPSA) is 66.2 Å². The van der Waals surface area contributed by atoms with Gasteiger partial charge in [0.25, 0.3) is 0 Å². The van der Waals surface area contributed by atoms with Gasteiger partial charge in [-0.15, -0.1) is 5.10 Å². The van der Waals surface area contributed by atoms with E-state index < -0.39 is 0 Å². The highest BCUT2D eigenvalue weighted by molar-refractivity contribution is 5.97. The molecule has 0 unspecified atom stereocenters. The second kappa shape index (κ2) is 5.51. The molecule has 1 heterocycles. The van der Waals surface area contributed by atoms with Crippen LogP contribution in [0.15, 0.2) is 24.4 Å². The molecule has 2 aromatic rings. The first kappa shape index (κ1) is 13.1. The van der Waals surface area contributed by atoms with Gasteiger partial charge in [-0.05, 0) is 18.2 Å². The fraction of sp³-hybridized carbons (Fsp3) is 0.308. The summed E-state index contributed by atoms with van der Waals surface area (Å²) in [7, 11) is 4.85. The van der Waals surface area contributed by atoms with Crippen LogP contribution >= 0.6 is 0 Å². The number of hydrogen-bond donors (Lipinski definition) is 0. The van der Waals surface area contributed by atoms with E-state index in [9.17, 15) is 4.79 Å². The number of benzene rings is 1. The number of aromatic nitrogens is 3. The zero-order valence-electron chi connectivity index (χ0n) is 11.1. The highest BCUT2D eigenvalue weighted by atomic mass is 16.5. The Balaban J connectivity index is 2.19. The normalized spacial score (nSPS) is 10.3. The molecule has 0 fully saturated rings. The van der Waals surface area contributed by atoms with Crippen LogP contribution in [-0.2, 0) is 13.5 Å². The number of nitrogens with zero attached hydrogens (tertiary/aromatic N) is 3. The number of ether oxygens (including phenoxy) is 2. The summed E-state index contributed by atoms with van der Waals surface area (Å²) in [6, 6.07) is 5.08. The molecule has 0 N–H and O–H groups in total. The molecule has 1 aromatic heterocycles. The number of hydrogen-bond acceptors (Lipinski definition) is 5. The number of methoxy groups -OCH3 is 2. The van der Waals surface area contributed by atoms with Crippen molar-refractivity contribution in [1.82, 2.24) is 15.0 Å². The molecule has 0 saturated heterocycles. The van der Waals surface area contributed by atoms with Gasteiger partial charge in [-0.1, -0.05) is 5.21 Å². The Morgan fingerprint density at radius 1 is 1.26 bits per heavy atom. The molecular weight excluding hydrogens is 246 g/mol. The van der Waals surface area contributed by atoms with Crippen molar-refractivity contribution in [3.8, 4) is 11.5 Å². The molecule has 0 aliphatic carbocycles. The lowest BCUT2D eigenvalue weighted by atomic mass is 10.1. The van der Waals surface area contributed by atoms with E-state index in [0.717, 1.165) is 0 Å². The molecule has 0 aliphatic rings. The van der Waals surface area contributed by atoms with Crippen LogP contribution in [0.4, 0.5) is 0 Å². The summed E-state index contributed by atoms with van der Waals surface area (Å²) < 4.78 is 11.9. The Bertz CT molecular complexity index is 593. The summed E-state index contributed by atoms with van der Waals surface area (Å²) >= 11 is 0. The van der Waals surface area contributed by atoms with Crippen LogP contribution in [0.5, 0.6) is 11.5 Å². The third-order valence-electron chi connectivity index (χ3n) is 2.70. The summed E-state index contributed by atoms with van der Waals surface area (Å²) in [4.78, 5) is 12.1. The Morgan fingerprint density at radius 3 is 2.58 bits per heavy atom. The van der Waals surface area contributed by atoms with Crippen molar-refractivity contribution >= 4 is 5.78 Å². The third-order valence-corrected chi connectivity index (χ3v) is 2.70. The Labute approximate surface area is 110 Å². The quantitative estimate of drug-likeness (QED) is 0.758. The van der Waals surface area contributed by atoms with Crippen molar-refractivity contribution in [2.45, 2.75) is 6.42 Å². The standard InChI is InChI=1S/C13H15N3O3/c1-16-8-10(14-15-16)7-11(17)9-4-5-12(18-2)13(6-9)19-3/h4-6,8H,7H2,1-3H3. The van der Waals surface area contributed by atoms with Gasteiger partial charge < -0.3 is 9.47 Å². The van der Waals surface area contributed by atoms with Crippen molar-refractivity contribution in [1.29, 1.82) is 0 Å². The van der Waals surface area contributed by atoms with E-state index in [1.807, 2.05) is 0 Å². The third kappa shape index (κ3) is 2.90. The van der Waals surface area contributed by atoms with Crippen molar-refractivity contribution in [3.63, 3.8) is 0 Å². The molecule has 6 nitrogen and oxygen atoms in total. The van der Waals surface area contributed by atoms with Crippen LogP contribution in [-0.4, -0.2) is 35.0 Å². The number of rotatable bonds is 5. The number of Topliss-reactive ketones (excluding diaryl/α,β-unsaturated/α-hetero) is 1. The van der Waals surface area contributed by atoms with Gasteiger partial charge >= 0.3 is 0 Å². The first-order valence-electron chi connectivity index (χ1n) is 5.74. The highest BCUT2D eigenvalue weighted by Crippen LogP contribution is 2.27. The molecular formula is C13H15N3O3. The Kier molecular flexibility index (Phi) is 3.79. The molecule has 100 valence electrons. The van der Waals surface area contributed by atoms with E-state index in [1.54, 1.807) is 43.2 Å². The van der Waals surface area contributed by atoms with Crippen molar-refractivity contribution in [2.24, 2.45) is 7.05 Å². The van der Waals surface area contributed by atoms with Gasteiger partial charge in [0.15, 0.2) is 17.3 Å². The molecule has 0 aliphatic heterocycles. The zero-order valence-corrected chi connectivity index (χ0v) is 11.1. The largest absolute Gasteiger partial charge is 0.493 e. The van der Waals surface area contributed by atoms with Gasteiger partial charge in [-0.25, -0.2) is 0 Å². The van der Waals surface area contributed by atoms with Crippen LogP contribution in [0.3, 0.4) is 0 Å². The smallest absolute Gasteiger partial charge is 0.169 e. The predicted molar refractivity (Wildman–Crippen MR) is 68.6 cm³/mol. The number of aryl methyl sites for hydroxylation is 1. The average Bonchev–Trinajstić information content (AvgIpc) is 2.83. The van der Waals surface area contributed by atoms with Crippen molar-refractivity contribution in [2.75, 3.05) is 14.2 Å². The number of carbonyl (C=O) groups excluding carboxylic acids is 1. The number of carbonyl (C=O) groups is 1. The molecule has 0 amide bonds. The minimum absolute atomic E-state index is 0.0403. The SMILES string of the molecule is COc1ccc(C(=O)Cc2cn(C)nn2)cc1OC. The van der Waals surface area contributed by atoms with Crippen LogP contribution in [0, 0.1) is 0 Å². The summed E-state index contributed by atoms with van der Waals surface area (Å²) in [5.74, 6) is 1.09. The molecule has 0 atom stereocenters. The van der Waals surface area contributed by atoms with Gasteiger partial charge in [0.2, 0.25) is 0 Å². The van der Waals surface area contributed by atoms with Crippen LogP contribution in [0.2, 0.25) is 0 Å². The maximum Gasteiger partial charge on any atom is 0.169 e. The molecule has 0 bridgehead atoms. The average molecular weight is 261 g/mol. The van der Waals surface area contributed by atoms with Crippen LogP contribution in [0.1, 0.15) is 16.1 Å². The number of ketones is 1. The first-order valence-corrected chi connectivity index (χ1v) is 5.74. The monoisotopic (exact) mass is 261 g/mol. The van der Waals surface area contributed by atoms with Crippen LogP contribution < -0.4 is 9.47 Å². The summed E-state index contributed by atoms with van der Waals surface area (Å²) in [5, 5.41) is 7.69. The van der Waals surface area contributed by atoms with Gasteiger partial charge in [-0.2, -0.15) is 0 Å². The summed E-state index contributed by atoms with van der Waals surface area (Å²) in [6.45, 7) is 0. The molecule has 0 saturated carbocycles. The predicted octanol–water partition coefficient (Wildman–Crippen LogP) is 1.26. The maximum atomic E-state index is 12.1. The van der Waals surface area contributed by atoms with E-state index in [1.165, 1.54) is 7.11 Å². The second-order valence-electron chi connectivity index (χ2n) is 4.05. The van der Waals surface area contributed by atoms with Gasteiger partial charge in [0.1, 0.15) is 0 Å².